The minimum atomic E-state index is -0.355. The molecule has 0 fully saturated rings. The first-order valence-corrected chi connectivity index (χ1v) is 13.7. The molecule has 0 spiro atoms. The molecule has 1 aromatic heterocycles. The number of nitrogen functional groups attached to an aromatic ring is 1. The summed E-state index contributed by atoms with van der Waals surface area (Å²) in [6.07, 6.45) is 4.18. The van der Waals surface area contributed by atoms with Crippen molar-refractivity contribution in [2.45, 2.75) is 32.4 Å². The average Bonchev–Trinajstić information content (AvgIpc) is 3.53. The van der Waals surface area contributed by atoms with Crippen LogP contribution in [0.5, 0.6) is 23.0 Å². The van der Waals surface area contributed by atoms with Crippen LogP contribution in [0, 0.1) is 6.92 Å². The average molecular weight is 573 g/mol. The first kappa shape index (κ1) is 28.7. The van der Waals surface area contributed by atoms with Gasteiger partial charge in [0.25, 0.3) is 0 Å². The Hall–Kier alpha value is -4.86. The standard InChI is InChI=1S/C32H36N4O6/c1-20-13-24(38-2)6-7-25(20)31-26-16-30(42-12-10-21-5-8-28(39-3)27(33)14-21)29(40-4)15-22(26)9-11-36(31)32(37)34-17-23-18-41-19-35-23/h5-8,13-16,18-19,31H,9-12,17,33H2,1-4H3,(H,34,37). The number of anilines is 1. The van der Waals surface area contributed by atoms with Gasteiger partial charge in [0.05, 0.1) is 51.9 Å². The highest BCUT2D eigenvalue weighted by atomic mass is 16.5. The van der Waals surface area contributed by atoms with Gasteiger partial charge in [0.15, 0.2) is 17.9 Å². The van der Waals surface area contributed by atoms with Crippen molar-refractivity contribution >= 4 is 11.7 Å². The van der Waals surface area contributed by atoms with Gasteiger partial charge >= 0.3 is 6.03 Å². The quantitative estimate of drug-likeness (QED) is 0.253. The van der Waals surface area contributed by atoms with Gasteiger partial charge in [-0.25, -0.2) is 9.78 Å². The van der Waals surface area contributed by atoms with Gasteiger partial charge < -0.3 is 39.3 Å². The molecule has 0 aliphatic carbocycles. The van der Waals surface area contributed by atoms with Gasteiger partial charge in [0, 0.05) is 13.0 Å². The number of methoxy groups -OCH3 is 3. The van der Waals surface area contributed by atoms with Gasteiger partial charge in [-0.15, -0.1) is 0 Å². The van der Waals surface area contributed by atoms with E-state index < -0.39 is 0 Å². The zero-order chi connectivity index (χ0) is 29.6. The summed E-state index contributed by atoms with van der Waals surface area (Å²) in [7, 11) is 4.87. The largest absolute Gasteiger partial charge is 0.497 e. The molecule has 2 heterocycles. The van der Waals surface area contributed by atoms with Crippen molar-refractivity contribution in [3.8, 4) is 23.0 Å². The number of nitrogens with zero attached hydrogens (tertiary/aromatic N) is 2. The molecule has 0 saturated carbocycles. The maximum absolute atomic E-state index is 13.6. The zero-order valence-corrected chi connectivity index (χ0v) is 24.3. The summed E-state index contributed by atoms with van der Waals surface area (Å²) in [5, 5.41) is 2.99. The normalized spacial score (nSPS) is 14.2. The summed E-state index contributed by atoms with van der Waals surface area (Å²) in [5.74, 6) is 2.66. The van der Waals surface area contributed by atoms with E-state index in [1.54, 1.807) is 21.3 Å². The summed E-state index contributed by atoms with van der Waals surface area (Å²) < 4.78 is 27.8. The number of hydrogen-bond acceptors (Lipinski definition) is 8. The Morgan fingerprint density at radius 3 is 2.55 bits per heavy atom. The van der Waals surface area contributed by atoms with Crippen LogP contribution in [-0.4, -0.2) is 50.4 Å². The number of nitrogens with one attached hydrogen (secondary N) is 1. The lowest BCUT2D eigenvalue weighted by Gasteiger charge is -2.38. The van der Waals surface area contributed by atoms with Crippen molar-refractivity contribution in [1.29, 1.82) is 0 Å². The number of urea groups is 1. The number of nitrogens with two attached hydrogens (primary N) is 1. The molecule has 0 saturated heterocycles. The third kappa shape index (κ3) is 6.07. The van der Waals surface area contributed by atoms with E-state index in [1.807, 2.05) is 60.4 Å². The number of aromatic nitrogens is 1. The van der Waals surface area contributed by atoms with Crippen molar-refractivity contribution in [1.82, 2.24) is 15.2 Å². The smallest absolute Gasteiger partial charge is 0.318 e. The summed E-state index contributed by atoms with van der Waals surface area (Å²) in [5.41, 5.74) is 12.4. The van der Waals surface area contributed by atoms with E-state index in [2.05, 4.69) is 10.3 Å². The van der Waals surface area contributed by atoms with E-state index in [1.165, 1.54) is 12.7 Å². The number of carbonyl (C=O) groups is 1. The summed E-state index contributed by atoms with van der Waals surface area (Å²) >= 11 is 0. The molecule has 10 nitrogen and oxygen atoms in total. The molecule has 0 radical (unpaired) electrons. The third-order valence-corrected chi connectivity index (χ3v) is 7.53. The molecule has 1 unspecified atom stereocenters. The summed E-state index contributed by atoms with van der Waals surface area (Å²) in [6.45, 7) is 3.23. The number of benzene rings is 3. The molecule has 1 aliphatic rings. The molecule has 1 atom stereocenters. The van der Waals surface area contributed by atoms with E-state index in [9.17, 15) is 4.79 Å². The maximum atomic E-state index is 13.6. The Morgan fingerprint density at radius 2 is 1.86 bits per heavy atom. The van der Waals surface area contributed by atoms with Crippen molar-refractivity contribution in [3.63, 3.8) is 0 Å². The van der Waals surface area contributed by atoms with Crippen LogP contribution in [0.3, 0.4) is 0 Å². The Kier molecular flexibility index (Phi) is 8.71. The molecule has 3 N–H and O–H groups in total. The van der Waals surface area contributed by atoms with Crippen molar-refractivity contribution in [2.75, 3.05) is 40.2 Å². The molecular weight excluding hydrogens is 536 g/mol. The van der Waals surface area contributed by atoms with Gasteiger partial charge in [-0.3, -0.25) is 0 Å². The minimum absolute atomic E-state index is 0.195. The highest BCUT2D eigenvalue weighted by Gasteiger charge is 2.34. The number of rotatable bonds is 10. The van der Waals surface area contributed by atoms with Gasteiger partial charge in [-0.2, -0.15) is 0 Å². The lowest BCUT2D eigenvalue weighted by atomic mass is 9.86. The highest BCUT2D eigenvalue weighted by Crippen LogP contribution is 2.42. The Balaban J connectivity index is 1.45. The molecule has 2 amide bonds. The van der Waals surface area contributed by atoms with Crippen LogP contribution in [0.2, 0.25) is 0 Å². The fourth-order valence-electron chi connectivity index (χ4n) is 5.35. The Labute approximate surface area is 245 Å². The maximum Gasteiger partial charge on any atom is 0.318 e. The topological polar surface area (TPSA) is 121 Å². The Morgan fingerprint density at radius 1 is 1.02 bits per heavy atom. The first-order valence-electron chi connectivity index (χ1n) is 13.7. The van der Waals surface area contributed by atoms with Gasteiger partial charge in [0.1, 0.15) is 17.8 Å². The third-order valence-electron chi connectivity index (χ3n) is 7.53. The monoisotopic (exact) mass is 572 g/mol. The molecule has 0 bridgehead atoms. The molecule has 1 aliphatic heterocycles. The zero-order valence-electron chi connectivity index (χ0n) is 24.3. The van der Waals surface area contributed by atoms with Crippen LogP contribution < -0.4 is 30.0 Å². The molecule has 4 aromatic rings. The van der Waals surface area contributed by atoms with E-state index >= 15 is 0 Å². The number of aryl methyl sites for hydroxylation is 1. The van der Waals surface area contributed by atoms with E-state index in [4.69, 9.17) is 29.1 Å². The number of amides is 2. The van der Waals surface area contributed by atoms with E-state index in [0.717, 1.165) is 33.6 Å². The fraction of sp³-hybridized carbons (Fsp3) is 0.312. The number of fused-ring (bicyclic) bond motifs is 1. The van der Waals surface area contributed by atoms with Crippen LogP contribution in [0.4, 0.5) is 10.5 Å². The Bertz CT molecular complexity index is 1540. The number of ether oxygens (including phenoxy) is 4. The second-order valence-electron chi connectivity index (χ2n) is 10.1. The summed E-state index contributed by atoms with van der Waals surface area (Å²) in [4.78, 5) is 19.6. The molecule has 10 heteroatoms. The van der Waals surface area contributed by atoms with Crippen molar-refractivity contribution < 1.29 is 28.2 Å². The molecule has 42 heavy (non-hydrogen) atoms. The predicted molar refractivity (Wildman–Crippen MR) is 158 cm³/mol. The minimum Gasteiger partial charge on any atom is -0.497 e. The van der Waals surface area contributed by atoms with Crippen LogP contribution in [0.15, 0.2) is 65.6 Å². The predicted octanol–water partition coefficient (Wildman–Crippen LogP) is 5.07. The van der Waals surface area contributed by atoms with E-state index in [0.29, 0.717) is 54.6 Å². The molecule has 3 aromatic carbocycles. The first-order chi connectivity index (χ1) is 20.4. The number of hydrogen-bond donors (Lipinski definition) is 2. The fourth-order valence-corrected chi connectivity index (χ4v) is 5.35. The SMILES string of the molecule is COc1ccc(C2c3cc(OCCc4ccc(OC)c(N)c4)c(OC)cc3CCN2C(=O)NCc2cocn2)c(C)c1. The second kappa shape index (κ2) is 12.8. The van der Waals surface area contributed by atoms with E-state index in [-0.39, 0.29) is 18.6 Å². The van der Waals surface area contributed by atoms with Crippen molar-refractivity contribution in [3.05, 3.63) is 94.7 Å². The number of carbonyl (C=O) groups excluding carboxylic acids is 1. The molecular formula is C32H36N4O6. The summed E-state index contributed by atoms with van der Waals surface area (Å²) in [6, 6.07) is 15.1. The lowest BCUT2D eigenvalue weighted by Crippen LogP contribution is -2.46. The molecule has 5 rings (SSSR count). The highest BCUT2D eigenvalue weighted by molar-refractivity contribution is 5.76. The van der Waals surface area contributed by atoms with Gasteiger partial charge in [0.2, 0.25) is 0 Å². The van der Waals surface area contributed by atoms with Gasteiger partial charge in [-0.1, -0.05) is 12.1 Å². The van der Waals surface area contributed by atoms with Crippen LogP contribution in [-0.2, 0) is 19.4 Å². The number of oxazole rings is 1. The molecule has 220 valence electrons. The van der Waals surface area contributed by atoms with Gasteiger partial charge in [-0.05, 0) is 77.6 Å². The van der Waals surface area contributed by atoms with Crippen LogP contribution in [0.1, 0.15) is 39.6 Å². The second-order valence-corrected chi connectivity index (χ2v) is 10.1. The lowest BCUT2D eigenvalue weighted by molar-refractivity contribution is 0.179. The van der Waals surface area contributed by atoms with Crippen molar-refractivity contribution in [2.24, 2.45) is 0 Å². The van der Waals surface area contributed by atoms with Crippen LogP contribution >= 0.6 is 0 Å². The van der Waals surface area contributed by atoms with Crippen LogP contribution in [0.25, 0.3) is 0 Å².